The summed E-state index contributed by atoms with van der Waals surface area (Å²) < 4.78 is 0. The minimum Gasteiger partial charge on any atom is -0.369 e. The molecule has 2 atom stereocenters. The Balaban J connectivity index is 2.37. The van der Waals surface area contributed by atoms with E-state index in [0.717, 1.165) is 12.1 Å². The van der Waals surface area contributed by atoms with Crippen molar-refractivity contribution in [2.45, 2.75) is 12.3 Å². The average molecular weight is 205 g/mol. The lowest BCUT2D eigenvalue weighted by atomic mass is 9.74. The molecule has 0 aliphatic carbocycles. The minimum atomic E-state index is -0.237. The van der Waals surface area contributed by atoms with E-state index in [9.17, 15) is 4.79 Å². The number of rotatable bonds is 2. The molecule has 0 radical (unpaired) electrons. The first-order valence-corrected chi connectivity index (χ1v) is 5.05. The second-order valence-corrected chi connectivity index (χ2v) is 4.24. The van der Waals surface area contributed by atoms with Gasteiger partial charge in [-0.2, -0.15) is 0 Å². The van der Waals surface area contributed by atoms with Gasteiger partial charge in [-0.05, 0) is 17.7 Å². The Morgan fingerprint density at radius 3 is 2.87 bits per heavy atom. The summed E-state index contributed by atoms with van der Waals surface area (Å²) in [6, 6.07) is 3.89. The lowest BCUT2D eigenvalue weighted by Crippen LogP contribution is -2.39. The van der Waals surface area contributed by atoms with Gasteiger partial charge in [0, 0.05) is 30.9 Å². The topological polar surface area (TPSA) is 68.0 Å². The lowest BCUT2D eigenvalue weighted by Gasteiger charge is -2.28. The summed E-state index contributed by atoms with van der Waals surface area (Å²) in [6.45, 7) is 3.51. The van der Waals surface area contributed by atoms with Crippen molar-refractivity contribution in [3.63, 3.8) is 0 Å². The van der Waals surface area contributed by atoms with Gasteiger partial charge in [0.1, 0.15) is 0 Å². The Kier molecular flexibility index (Phi) is 2.44. The molecule has 1 amide bonds. The molecule has 80 valence electrons. The van der Waals surface area contributed by atoms with E-state index in [1.165, 1.54) is 0 Å². The summed E-state index contributed by atoms with van der Waals surface area (Å²) in [5.41, 5.74) is 6.33. The molecule has 4 heteroatoms. The van der Waals surface area contributed by atoms with Crippen molar-refractivity contribution < 1.29 is 4.79 Å². The van der Waals surface area contributed by atoms with Crippen LogP contribution in [0, 0.1) is 5.92 Å². The average Bonchev–Trinajstić information content (AvgIpc) is 2.63. The van der Waals surface area contributed by atoms with Crippen LogP contribution in [0.5, 0.6) is 0 Å². The highest BCUT2D eigenvalue weighted by atomic mass is 16.1. The molecule has 0 saturated carbocycles. The van der Waals surface area contributed by atoms with E-state index in [-0.39, 0.29) is 17.2 Å². The van der Waals surface area contributed by atoms with Gasteiger partial charge in [-0.3, -0.25) is 9.78 Å². The summed E-state index contributed by atoms with van der Waals surface area (Å²) in [5.74, 6) is -0.376. The van der Waals surface area contributed by atoms with E-state index < -0.39 is 0 Å². The Hall–Kier alpha value is -1.42. The molecule has 1 aromatic heterocycles. The maximum absolute atomic E-state index is 11.4. The van der Waals surface area contributed by atoms with Crippen LogP contribution in [0.25, 0.3) is 0 Å². The second kappa shape index (κ2) is 3.62. The molecule has 4 nitrogen and oxygen atoms in total. The second-order valence-electron chi connectivity index (χ2n) is 4.24. The first-order chi connectivity index (χ1) is 7.14. The highest BCUT2D eigenvalue weighted by molar-refractivity contribution is 5.79. The van der Waals surface area contributed by atoms with Crippen LogP contribution in [0.15, 0.2) is 24.5 Å². The number of hydrogen-bond donors (Lipinski definition) is 2. The SMILES string of the molecule is CC1(c2ccncc2)CNCC1C(N)=O. The Morgan fingerprint density at radius 2 is 2.27 bits per heavy atom. The fraction of sp³-hybridized carbons (Fsp3) is 0.455. The number of nitrogens with two attached hydrogens (primary N) is 1. The Morgan fingerprint density at radius 1 is 1.60 bits per heavy atom. The van der Waals surface area contributed by atoms with Crippen LogP contribution in [0.3, 0.4) is 0 Å². The van der Waals surface area contributed by atoms with E-state index in [0.29, 0.717) is 6.54 Å². The van der Waals surface area contributed by atoms with E-state index >= 15 is 0 Å². The normalized spacial score (nSPS) is 30.3. The number of carbonyl (C=O) groups excluding carboxylic acids is 1. The van der Waals surface area contributed by atoms with Crippen LogP contribution in [0.2, 0.25) is 0 Å². The third kappa shape index (κ3) is 1.61. The molecule has 1 saturated heterocycles. The van der Waals surface area contributed by atoms with Crippen molar-refractivity contribution in [2.75, 3.05) is 13.1 Å². The van der Waals surface area contributed by atoms with E-state index in [1.54, 1.807) is 12.4 Å². The van der Waals surface area contributed by atoms with Crippen molar-refractivity contribution >= 4 is 5.91 Å². The van der Waals surface area contributed by atoms with Gasteiger partial charge in [-0.15, -0.1) is 0 Å². The fourth-order valence-electron chi connectivity index (χ4n) is 2.28. The predicted molar refractivity (Wildman–Crippen MR) is 57.1 cm³/mol. The number of aromatic nitrogens is 1. The van der Waals surface area contributed by atoms with E-state index in [4.69, 9.17) is 5.73 Å². The number of nitrogens with zero attached hydrogens (tertiary/aromatic N) is 1. The van der Waals surface area contributed by atoms with Crippen molar-refractivity contribution in [1.82, 2.24) is 10.3 Å². The molecule has 1 aliphatic rings. The minimum absolute atomic E-state index is 0.139. The Bertz CT molecular complexity index is 365. The largest absolute Gasteiger partial charge is 0.369 e. The first kappa shape index (κ1) is 10.1. The van der Waals surface area contributed by atoms with Gasteiger partial charge < -0.3 is 11.1 Å². The molecule has 3 N–H and O–H groups in total. The third-order valence-electron chi connectivity index (χ3n) is 3.29. The summed E-state index contributed by atoms with van der Waals surface area (Å²) >= 11 is 0. The maximum atomic E-state index is 11.4. The standard InChI is InChI=1S/C11H15N3O/c1-11(8-2-4-13-5-3-8)7-14-6-9(11)10(12)15/h2-5,9,14H,6-7H2,1H3,(H2,12,15). The smallest absolute Gasteiger partial charge is 0.222 e. The highest BCUT2D eigenvalue weighted by Crippen LogP contribution is 2.34. The van der Waals surface area contributed by atoms with Crippen molar-refractivity contribution in [3.8, 4) is 0 Å². The lowest BCUT2D eigenvalue weighted by molar-refractivity contribution is -0.122. The zero-order valence-corrected chi connectivity index (χ0v) is 8.73. The third-order valence-corrected chi connectivity index (χ3v) is 3.29. The van der Waals surface area contributed by atoms with Gasteiger partial charge in [0.15, 0.2) is 0 Å². The Labute approximate surface area is 88.9 Å². The zero-order chi connectivity index (χ0) is 10.9. The number of pyridine rings is 1. The molecule has 2 rings (SSSR count). The fourth-order valence-corrected chi connectivity index (χ4v) is 2.28. The van der Waals surface area contributed by atoms with Gasteiger partial charge >= 0.3 is 0 Å². The molecular formula is C11H15N3O. The van der Waals surface area contributed by atoms with Crippen LogP contribution in [-0.4, -0.2) is 24.0 Å². The van der Waals surface area contributed by atoms with Crippen LogP contribution in [0.4, 0.5) is 0 Å². The number of carbonyl (C=O) groups is 1. The van der Waals surface area contributed by atoms with Gasteiger partial charge in [-0.25, -0.2) is 0 Å². The van der Waals surface area contributed by atoms with Crippen LogP contribution < -0.4 is 11.1 Å². The molecule has 0 spiro atoms. The summed E-state index contributed by atoms with van der Waals surface area (Å²) in [5, 5.41) is 3.22. The summed E-state index contributed by atoms with van der Waals surface area (Å²) in [4.78, 5) is 15.3. The quantitative estimate of drug-likeness (QED) is 0.716. The number of hydrogen-bond acceptors (Lipinski definition) is 3. The zero-order valence-electron chi connectivity index (χ0n) is 8.73. The van der Waals surface area contributed by atoms with Gasteiger partial charge in [0.2, 0.25) is 5.91 Å². The first-order valence-electron chi connectivity index (χ1n) is 5.05. The summed E-state index contributed by atoms with van der Waals surface area (Å²) in [7, 11) is 0. The molecule has 2 unspecified atom stereocenters. The molecule has 1 aliphatic heterocycles. The van der Waals surface area contributed by atoms with E-state index in [2.05, 4.69) is 17.2 Å². The molecule has 2 heterocycles. The van der Waals surface area contributed by atoms with Gasteiger partial charge in [0.25, 0.3) is 0 Å². The molecule has 0 bridgehead atoms. The van der Waals surface area contributed by atoms with E-state index in [1.807, 2.05) is 12.1 Å². The van der Waals surface area contributed by atoms with Crippen molar-refractivity contribution in [2.24, 2.45) is 11.7 Å². The molecule has 1 aromatic rings. The monoisotopic (exact) mass is 205 g/mol. The van der Waals surface area contributed by atoms with Crippen molar-refractivity contribution in [3.05, 3.63) is 30.1 Å². The van der Waals surface area contributed by atoms with Crippen LogP contribution in [-0.2, 0) is 10.2 Å². The molecule has 0 aromatic carbocycles. The molecular weight excluding hydrogens is 190 g/mol. The summed E-state index contributed by atoms with van der Waals surface area (Å²) in [6.07, 6.45) is 3.49. The maximum Gasteiger partial charge on any atom is 0.222 e. The highest BCUT2D eigenvalue weighted by Gasteiger charge is 2.43. The number of nitrogens with one attached hydrogen (secondary N) is 1. The van der Waals surface area contributed by atoms with Crippen LogP contribution in [0.1, 0.15) is 12.5 Å². The number of amides is 1. The van der Waals surface area contributed by atoms with Gasteiger partial charge in [-0.1, -0.05) is 6.92 Å². The predicted octanol–water partition coefficient (Wildman–Crippen LogP) is 0.0440. The molecule has 15 heavy (non-hydrogen) atoms. The van der Waals surface area contributed by atoms with Crippen molar-refractivity contribution in [1.29, 1.82) is 0 Å². The molecule has 1 fully saturated rings. The van der Waals surface area contributed by atoms with Gasteiger partial charge in [0.05, 0.1) is 5.92 Å². The van der Waals surface area contributed by atoms with Crippen LogP contribution >= 0.6 is 0 Å². The number of primary amides is 1.